The first kappa shape index (κ1) is 25.1. The van der Waals surface area contributed by atoms with E-state index >= 15 is 0 Å². The van der Waals surface area contributed by atoms with Crippen LogP contribution in [0.15, 0.2) is 33.8 Å². The van der Waals surface area contributed by atoms with Crippen LogP contribution in [0, 0.1) is 5.92 Å². The van der Waals surface area contributed by atoms with Gasteiger partial charge in [0.1, 0.15) is 0 Å². The predicted molar refractivity (Wildman–Crippen MR) is 132 cm³/mol. The Hall–Kier alpha value is -2.17. The molecule has 2 aromatic rings. The van der Waals surface area contributed by atoms with Crippen molar-refractivity contribution in [3.05, 3.63) is 35.7 Å². The van der Waals surface area contributed by atoms with Crippen LogP contribution >= 0.6 is 24.0 Å². The van der Waals surface area contributed by atoms with Crippen molar-refractivity contribution < 1.29 is 9.32 Å². The van der Waals surface area contributed by atoms with Gasteiger partial charge in [-0.05, 0) is 49.8 Å². The Labute approximate surface area is 201 Å². The van der Waals surface area contributed by atoms with E-state index in [2.05, 4.69) is 39.4 Å². The number of nitrogens with two attached hydrogens (primary N) is 1. The van der Waals surface area contributed by atoms with Crippen molar-refractivity contribution in [2.24, 2.45) is 16.6 Å². The van der Waals surface area contributed by atoms with Gasteiger partial charge in [-0.1, -0.05) is 24.2 Å². The minimum absolute atomic E-state index is 0. The number of piperidine rings is 1. The smallest absolute Gasteiger partial charge is 0.257 e. The quantitative estimate of drug-likeness (QED) is 0.303. The molecule has 8 nitrogen and oxygen atoms in total. The number of hydrogen-bond acceptors (Lipinski definition) is 5. The molecule has 9 heteroatoms. The van der Waals surface area contributed by atoms with Crippen LogP contribution in [0.2, 0.25) is 0 Å². The van der Waals surface area contributed by atoms with Gasteiger partial charge in [-0.2, -0.15) is 4.98 Å². The van der Waals surface area contributed by atoms with E-state index < -0.39 is 0 Å². The fraction of sp³-hybridized carbons (Fsp3) is 0.545. The van der Waals surface area contributed by atoms with Gasteiger partial charge in [-0.3, -0.25) is 9.79 Å². The fourth-order valence-electron chi connectivity index (χ4n) is 3.75. The van der Waals surface area contributed by atoms with E-state index in [-0.39, 0.29) is 29.9 Å². The third kappa shape index (κ3) is 7.48. The number of benzene rings is 1. The molecule has 1 amide bonds. The van der Waals surface area contributed by atoms with Gasteiger partial charge >= 0.3 is 0 Å². The van der Waals surface area contributed by atoms with Crippen LogP contribution in [-0.2, 0) is 17.6 Å². The highest BCUT2D eigenvalue weighted by atomic mass is 127. The Kier molecular flexibility index (Phi) is 10.2. The summed E-state index contributed by atoms with van der Waals surface area (Å²) < 4.78 is 5.30. The van der Waals surface area contributed by atoms with E-state index in [1.807, 2.05) is 19.1 Å². The lowest BCUT2D eigenvalue weighted by molar-refractivity contribution is -0.119. The number of guanidine groups is 1. The number of aryl methyl sites for hydroxylation is 1. The van der Waals surface area contributed by atoms with E-state index in [0.717, 1.165) is 62.7 Å². The lowest BCUT2D eigenvalue weighted by atomic mass is 9.95. The first-order chi connectivity index (χ1) is 14.6. The molecule has 31 heavy (non-hydrogen) atoms. The average Bonchev–Trinajstić information content (AvgIpc) is 3.23. The molecule has 1 unspecified atom stereocenters. The van der Waals surface area contributed by atoms with Crippen molar-refractivity contribution in [3.63, 3.8) is 0 Å². The highest BCUT2D eigenvalue weighted by Crippen LogP contribution is 2.20. The number of likely N-dealkylation sites (tertiary alicyclic amines) is 1. The molecule has 3 rings (SSSR count). The van der Waals surface area contributed by atoms with Crippen LogP contribution in [0.4, 0.5) is 0 Å². The van der Waals surface area contributed by atoms with Gasteiger partial charge in [0.25, 0.3) is 5.89 Å². The number of aromatic nitrogens is 2. The first-order valence-corrected chi connectivity index (χ1v) is 10.8. The second kappa shape index (κ2) is 12.6. The zero-order valence-electron chi connectivity index (χ0n) is 18.3. The molecule has 2 heterocycles. The second-order valence-corrected chi connectivity index (χ2v) is 7.68. The van der Waals surface area contributed by atoms with Crippen molar-refractivity contribution >= 4 is 35.8 Å². The maximum absolute atomic E-state index is 11.3. The topological polar surface area (TPSA) is 110 Å². The number of carbonyl (C=O) groups is 1. The van der Waals surface area contributed by atoms with Crippen molar-refractivity contribution in [2.75, 3.05) is 26.2 Å². The van der Waals surface area contributed by atoms with Crippen molar-refractivity contribution in [2.45, 2.75) is 46.0 Å². The standard InChI is InChI=1S/C22H32N6O2.HI/c1-3-20-26-21(30-27-20)18-9-7-16(8-10-18)11-12-25-22(24-4-2)28-13-5-6-17(15-28)14-19(23)29;/h7-10,17H,3-6,11-15H2,1-2H3,(H2,23,29)(H,24,25);1H. The molecular formula is C22H33IN6O2. The van der Waals surface area contributed by atoms with Crippen molar-refractivity contribution in [3.8, 4) is 11.5 Å². The van der Waals surface area contributed by atoms with E-state index in [1.165, 1.54) is 5.56 Å². The van der Waals surface area contributed by atoms with Crippen molar-refractivity contribution in [1.82, 2.24) is 20.4 Å². The number of carbonyl (C=O) groups excluding carboxylic acids is 1. The van der Waals surface area contributed by atoms with E-state index in [9.17, 15) is 4.79 Å². The van der Waals surface area contributed by atoms with Crippen LogP contribution in [-0.4, -0.2) is 53.1 Å². The summed E-state index contributed by atoms with van der Waals surface area (Å²) >= 11 is 0. The third-order valence-corrected chi connectivity index (χ3v) is 5.29. The molecule has 1 aromatic carbocycles. The molecule has 1 atom stereocenters. The van der Waals surface area contributed by atoms with Crippen LogP contribution in [0.5, 0.6) is 0 Å². The number of primary amides is 1. The number of nitrogens with one attached hydrogen (secondary N) is 1. The largest absolute Gasteiger partial charge is 0.370 e. The molecule has 1 saturated heterocycles. The normalized spacial score (nSPS) is 16.6. The van der Waals surface area contributed by atoms with Gasteiger partial charge in [0.05, 0.1) is 0 Å². The molecule has 0 aliphatic carbocycles. The maximum Gasteiger partial charge on any atom is 0.257 e. The SMILES string of the molecule is CCNC(=NCCc1ccc(-c2nc(CC)no2)cc1)N1CCCC(CC(N)=O)C1.I. The number of amides is 1. The van der Waals surface area contributed by atoms with Gasteiger partial charge in [0, 0.05) is 44.6 Å². The monoisotopic (exact) mass is 540 g/mol. The highest BCUT2D eigenvalue weighted by Gasteiger charge is 2.23. The van der Waals surface area contributed by atoms with Crippen LogP contribution in [0.25, 0.3) is 11.5 Å². The summed E-state index contributed by atoms with van der Waals surface area (Å²) in [7, 11) is 0. The molecule has 1 aliphatic heterocycles. The van der Waals surface area contributed by atoms with Crippen LogP contribution in [0.3, 0.4) is 0 Å². The number of aliphatic imine (C=N–C) groups is 1. The third-order valence-electron chi connectivity index (χ3n) is 5.29. The number of rotatable bonds is 8. The summed E-state index contributed by atoms with van der Waals surface area (Å²) in [4.78, 5) is 22.7. The van der Waals surface area contributed by atoms with Crippen molar-refractivity contribution in [1.29, 1.82) is 0 Å². The maximum atomic E-state index is 11.3. The molecule has 0 radical (unpaired) electrons. The molecule has 0 spiro atoms. The average molecular weight is 540 g/mol. The Morgan fingerprint density at radius 3 is 2.74 bits per heavy atom. The second-order valence-electron chi connectivity index (χ2n) is 7.68. The zero-order chi connectivity index (χ0) is 21.3. The van der Waals surface area contributed by atoms with E-state index in [1.54, 1.807) is 0 Å². The van der Waals surface area contributed by atoms with Gasteiger partial charge < -0.3 is 20.5 Å². The molecular weight excluding hydrogens is 507 g/mol. The fourth-order valence-corrected chi connectivity index (χ4v) is 3.75. The van der Waals surface area contributed by atoms with E-state index in [4.69, 9.17) is 15.2 Å². The molecule has 1 fully saturated rings. The lowest BCUT2D eigenvalue weighted by Gasteiger charge is -2.34. The Morgan fingerprint density at radius 1 is 1.32 bits per heavy atom. The number of nitrogens with zero attached hydrogens (tertiary/aromatic N) is 4. The van der Waals surface area contributed by atoms with Gasteiger partial charge in [0.15, 0.2) is 11.8 Å². The summed E-state index contributed by atoms with van der Waals surface area (Å²) in [5, 5.41) is 7.33. The first-order valence-electron chi connectivity index (χ1n) is 10.8. The summed E-state index contributed by atoms with van der Waals surface area (Å²) in [6.07, 6.45) is 4.15. The lowest BCUT2D eigenvalue weighted by Crippen LogP contribution is -2.47. The van der Waals surface area contributed by atoms with Gasteiger partial charge in [-0.25, -0.2) is 0 Å². The van der Waals surface area contributed by atoms with Gasteiger partial charge in [0.2, 0.25) is 5.91 Å². The Balaban J connectivity index is 0.00000341. The summed E-state index contributed by atoms with van der Waals surface area (Å²) in [5.41, 5.74) is 7.52. The summed E-state index contributed by atoms with van der Waals surface area (Å²) in [5.74, 6) is 2.28. The van der Waals surface area contributed by atoms with Crippen LogP contribution in [0.1, 0.15) is 44.5 Å². The predicted octanol–water partition coefficient (Wildman–Crippen LogP) is 3.01. The number of hydrogen-bond donors (Lipinski definition) is 2. The number of halogens is 1. The highest BCUT2D eigenvalue weighted by molar-refractivity contribution is 14.0. The molecule has 170 valence electrons. The van der Waals surface area contributed by atoms with Gasteiger partial charge in [-0.15, -0.1) is 24.0 Å². The minimum atomic E-state index is -0.223. The Morgan fingerprint density at radius 2 is 2.10 bits per heavy atom. The summed E-state index contributed by atoms with van der Waals surface area (Å²) in [6, 6.07) is 8.18. The zero-order valence-corrected chi connectivity index (χ0v) is 20.7. The summed E-state index contributed by atoms with van der Waals surface area (Å²) in [6.45, 7) is 7.36. The molecule has 0 saturated carbocycles. The van der Waals surface area contributed by atoms with Crippen LogP contribution < -0.4 is 11.1 Å². The molecule has 3 N–H and O–H groups in total. The Bertz CT molecular complexity index is 852. The molecule has 0 bridgehead atoms. The minimum Gasteiger partial charge on any atom is -0.370 e. The molecule has 1 aromatic heterocycles. The van der Waals surface area contributed by atoms with E-state index in [0.29, 0.717) is 24.8 Å². The molecule has 1 aliphatic rings.